The first kappa shape index (κ1) is 13.6. The van der Waals surface area contributed by atoms with Gasteiger partial charge in [-0.3, -0.25) is 4.79 Å². The van der Waals surface area contributed by atoms with Crippen molar-refractivity contribution in [2.45, 2.75) is 32.1 Å². The van der Waals surface area contributed by atoms with Gasteiger partial charge in [-0.2, -0.15) is 0 Å². The van der Waals surface area contributed by atoms with Crippen LogP contribution >= 0.6 is 15.9 Å². The number of carbonyl (C=O) groups is 1. The highest BCUT2D eigenvalue weighted by Gasteiger charge is 2.44. The van der Waals surface area contributed by atoms with Crippen LogP contribution in [0.3, 0.4) is 0 Å². The Morgan fingerprint density at radius 3 is 2.94 bits per heavy atom. The summed E-state index contributed by atoms with van der Waals surface area (Å²) in [5, 5.41) is 0. The van der Waals surface area contributed by atoms with E-state index in [4.69, 9.17) is 4.74 Å². The predicted octanol–water partition coefficient (Wildman–Crippen LogP) is 4.14. The van der Waals surface area contributed by atoms with E-state index in [0.29, 0.717) is 11.8 Å². The fourth-order valence-electron chi connectivity index (χ4n) is 2.61. The molecule has 0 aromatic heterocycles. The zero-order valence-corrected chi connectivity index (χ0v) is 12.4. The minimum absolute atomic E-state index is 0.0379. The number of hydrogen-bond donors (Lipinski definition) is 0. The zero-order chi connectivity index (χ0) is 13.1. The summed E-state index contributed by atoms with van der Waals surface area (Å²) in [6.45, 7) is 2.21. The maximum atomic E-state index is 11.4. The molecule has 1 aromatic rings. The smallest absolute Gasteiger partial charge is 0.308 e. The Morgan fingerprint density at radius 2 is 2.33 bits per heavy atom. The molecule has 1 aliphatic rings. The topological polar surface area (TPSA) is 26.3 Å². The molecule has 0 heterocycles. The Hall–Kier alpha value is -0.830. The summed E-state index contributed by atoms with van der Waals surface area (Å²) in [7, 11) is 1.48. The molecule has 3 unspecified atom stereocenters. The molecule has 1 aliphatic carbocycles. The van der Waals surface area contributed by atoms with Gasteiger partial charge in [-0.25, -0.2) is 0 Å². The number of rotatable bonds is 5. The molecule has 2 nitrogen and oxygen atoms in total. The van der Waals surface area contributed by atoms with Crippen molar-refractivity contribution in [1.82, 2.24) is 0 Å². The van der Waals surface area contributed by atoms with Crippen LogP contribution in [-0.4, -0.2) is 13.1 Å². The molecule has 2 rings (SSSR count). The van der Waals surface area contributed by atoms with E-state index < -0.39 is 0 Å². The third-order valence-corrected chi connectivity index (χ3v) is 4.32. The van der Waals surface area contributed by atoms with E-state index in [0.717, 1.165) is 23.7 Å². The average molecular weight is 311 g/mol. The van der Waals surface area contributed by atoms with Crippen molar-refractivity contribution >= 4 is 21.9 Å². The average Bonchev–Trinajstić information content (AvgIpc) is 3.14. The standard InChI is InChI=1S/C15H19BrO2/c1-3-10(11-5-4-6-13(16)8-11)7-12-9-14(12)15(17)18-2/h4-6,8,10,12,14H,3,7,9H2,1-2H3. The van der Waals surface area contributed by atoms with Crippen molar-refractivity contribution in [1.29, 1.82) is 0 Å². The first-order chi connectivity index (χ1) is 8.65. The molecule has 98 valence electrons. The van der Waals surface area contributed by atoms with E-state index in [2.05, 4.69) is 41.1 Å². The van der Waals surface area contributed by atoms with Crippen molar-refractivity contribution in [3.8, 4) is 0 Å². The van der Waals surface area contributed by atoms with Crippen LogP contribution in [0.4, 0.5) is 0 Å². The van der Waals surface area contributed by atoms with E-state index in [1.54, 1.807) is 0 Å². The van der Waals surface area contributed by atoms with Gasteiger partial charge in [0.15, 0.2) is 0 Å². The highest BCUT2D eigenvalue weighted by molar-refractivity contribution is 9.10. The summed E-state index contributed by atoms with van der Waals surface area (Å²) in [4.78, 5) is 11.4. The van der Waals surface area contributed by atoms with Crippen LogP contribution in [-0.2, 0) is 9.53 Å². The molecular formula is C15H19BrO2. The molecule has 18 heavy (non-hydrogen) atoms. The first-order valence-electron chi connectivity index (χ1n) is 6.49. The first-order valence-corrected chi connectivity index (χ1v) is 7.28. The maximum Gasteiger partial charge on any atom is 0.308 e. The fraction of sp³-hybridized carbons (Fsp3) is 0.533. The molecule has 0 radical (unpaired) electrons. The third kappa shape index (κ3) is 3.14. The van der Waals surface area contributed by atoms with Crippen LogP contribution in [0, 0.1) is 11.8 Å². The molecule has 0 aliphatic heterocycles. The second-order valence-corrected chi connectivity index (χ2v) is 5.94. The van der Waals surface area contributed by atoms with Gasteiger partial charge in [-0.05, 0) is 48.8 Å². The van der Waals surface area contributed by atoms with E-state index in [-0.39, 0.29) is 11.9 Å². The SMILES string of the molecule is CCC(CC1CC1C(=O)OC)c1cccc(Br)c1. The lowest BCUT2D eigenvalue weighted by molar-refractivity contribution is -0.142. The number of ether oxygens (including phenoxy) is 1. The third-order valence-electron chi connectivity index (χ3n) is 3.83. The summed E-state index contributed by atoms with van der Waals surface area (Å²) in [6, 6.07) is 8.48. The van der Waals surface area contributed by atoms with Crippen molar-refractivity contribution in [3.05, 3.63) is 34.3 Å². The van der Waals surface area contributed by atoms with Crippen LogP contribution in [0.15, 0.2) is 28.7 Å². The molecule has 0 saturated heterocycles. The summed E-state index contributed by atoms with van der Waals surface area (Å²) >= 11 is 3.51. The number of halogens is 1. The highest BCUT2D eigenvalue weighted by Crippen LogP contribution is 2.46. The van der Waals surface area contributed by atoms with E-state index in [9.17, 15) is 4.79 Å². The molecule has 0 spiro atoms. The Bertz CT molecular complexity index is 430. The number of esters is 1. The summed E-state index contributed by atoms with van der Waals surface area (Å²) < 4.78 is 5.92. The molecule has 0 bridgehead atoms. The van der Waals surface area contributed by atoms with E-state index in [1.807, 2.05) is 6.07 Å². The largest absolute Gasteiger partial charge is 0.469 e. The normalized spacial score (nSPS) is 23.5. The van der Waals surface area contributed by atoms with Crippen molar-refractivity contribution in [3.63, 3.8) is 0 Å². The van der Waals surface area contributed by atoms with E-state index in [1.165, 1.54) is 12.7 Å². The van der Waals surface area contributed by atoms with Crippen LogP contribution in [0.2, 0.25) is 0 Å². The molecule has 0 N–H and O–H groups in total. The lowest BCUT2D eigenvalue weighted by Crippen LogP contribution is -2.06. The Labute approximate surface area is 117 Å². The summed E-state index contributed by atoms with van der Waals surface area (Å²) in [5.41, 5.74) is 1.36. The van der Waals surface area contributed by atoms with Gasteiger partial charge in [0.25, 0.3) is 0 Å². The fourth-order valence-corrected chi connectivity index (χ4v) is 3.03. The number of hydrogen-bond acceptors (Lipinski definition) is 2. The molecule has 1 fully saturated rings. The van der Waals surface area contributed by atoms with Gasteiger partial charge < -0.3 is 4.74 Å². The Morgan fingerprint density at radius 1 is 1.56 bits per heavy atom. The van der Waals surface area contributed by atoms with Crippen molar-refractivity contribution < 1.29 is 9.53 Å². The van der Waals surface area contributed by atoms with Gasteiger partial charge in [-0.1, -0.05) is 35.0 Å². The van der Waals surface area contributed by atoms with Crippen LogP contribution in [0.25, 0.3) is 0 Å². The van der Waals surface area contributed by atoms with Crippen LogP contribution in [0.1, 0.15) is 37.7 Å². The molecule has 3 heteroatoms. The van der Waals surface area contributed by atoms with Crippen molar-refractivity contribution in [2.24, 2.45) is 11.8 Å². The zero-order valence-electron chi connectivity index (χ0n) is 10.9. The van der Waals surface area contributed by atoms with Gasteiger partial charge in [-0.15, -0.1) is 0 Å². The van der Waals surface area contributed by atoms with Gasteiger partial charge in [0.05, 0.1) is 13.0 Å². The molecule has 1 aromatic carbocycles. The monoisotopic (exact) mass is 310 g/mol. The number of methoxy groups -OCH3 is 1. The van der Waals surface area contributed by atoms with Gasteiger partial charge in [0, 0.05) is 4.47 Å². The molecule has 3 atom stereocenters. The summed E-state index contributed by atoms with van der Waals surface area (Å²) in [6.07, 6.45) is 3.20. The van der Waals surface area contributed by atoms with Crippen LogP contribution < -0.4 is 0 Å². The van der Waals surface area contributed by atoms with Crippen molar-refractivity contribution in [2.75, 3.05) is 7.11 Å². The Kier molecular flexibility index (Phi) is 4.44. The molecule has 1 saturated carbocycles. The van der Waals surface area contributed by atoms with Gasteiger partial charge in [0.2, 0.25) is 0 Å². The highest BCUT2D eigenvalue weighted by atomic mass is 79.9. The minimum Gasteiger partial charge on any atom is -0.469 e. The lowest BCUT2D eigenvalue weighted by atomic mass is 9.91. The minimum atomic E-state index is -0.0379. The summed E-state index contributed by atoms with van der Waals surface area (Å²) in [5.74, 6) is 1.17. The quantitative estimate of drug-likeness (QED) is 0.764. The van der Waals surface area contributed by atoms with Gasteiger partial charge >= 0.3 is 5.97 Å². The molecular weight excluding hydrogens is 292 g/mol. The Balaban J connectivity index is 1.97. The number of benzene rings is 1. The maximum absolute atomic E-state index is 11.4. The lowest BCUT2D eigenvalue weighted by Gasteiger charge is -2.15. The molecule has 0 amide bonds. The second-order valence-electron chi connectivity index (χ2n) is 5.02. The van der Waals surface area contributed by atoms with Gasteiger partial charge in [0.1, 0.15) is 0 Å². The number of carbonyl (C=O) groups excluding carboxylic acids is 1. The van der Waals surface area contributed by atoms with E-state index >= 15 is 0 Å². The van der Waals surface area contributed by atoms with Crippen LogP contribution in [0.5, 0.6) is 0 Å². The predicted molar refractivity (Wildman–Crippen MR) is 75.4 cm³/mol. The second kappa shape index (κ2) is 5.87.